The van der Waals surface area contributed by atoms with Crippen molar-refractivity contribution in [3.63, 3.8) is 0 Å². The second-order valence-corrected chi connectivity index (χ2v) is 5.60. The van der Waals surface area contributed by atoms with Crippen LogP contribution < -0.4 is 5.32 Å². The van der Waals surface area contributed by atoms with Gasteiger partial charge >= 0.3 is 0 Å². The van der Waals surface area contributed by atoms with Crippen molar-refractivity contribution in [1.29, 1.82) is 0 Å². The zero-order chi connectivity index (χ0) is 13.1. The lowest BCUT2D eigenvalue weighted by molar-refractivity contribution is 0.0907. The third kappa shape index (κ3) is 3.22. The molecule has 1 aliphatic heterocycles. The maximum atomic E-state index is 12.0. The van der Waals surface area contributed by atoms with Gasteiger partial charge in [-0.2, -0.15) is 0 Å². The van der Waals surface area contributed by atoms with E-state index in [2.05, 4.69) is 26.2 Å². The normalized spacial score (nSPS) is 23.1. The molecule has 1 saturated heterocycles. The Morgan fingerprint density at radius 3 is 3.17 bits per heavy atom. The van der Waals surface area contributed by atoms with E-state index in [-0.39, 0.29) is 17.2 Å². The van der Waals surface area contributed by atoms with Crippen molar-refractivity contribution < 1.29 is 9.53 Å². The van der Waals surface area contributed by atoms with E-state index in [1.165, 1.54) is 0 Å². The molecule has 0 aliphatic carbocycles. The van der Waals surface area contributed by atoms with E-state index in [4.69, 9.17) is 16.3 Å². The maximum Gasteiger partial charge on any atom is 0.254 e. The minimum Gasteiger partial charge on any atom is -0.378 e. The van der Waals surface area contributed by atoms with Crippen molar-refractivity contribution in [3.05, 3.63) is 27.5 Å². The van der Waals surface area contributed by atoms with Crippen LogP contribution in [0.4, 0.5) is 0 Å². The number of pyridine rings is 1. The monoisotopic (exact) mass is 332 g/mol. The second kappa shape index (κ2) is 5.99. The van der Waals surface area contributed by atoms with Crippen LogP contribution >= 0.6 is 27.5 Å². The topological polar surface area (TPSA) is 51.2 Å². The molecule has 6 heteroatoms. The van der Waals surface area contributed by atoms with Gasteiger partial charge in [0, 0.05) is 29.7 Å². The Bertz CT molecular complexity index is 456. The average molecular weight is 334 g/mol. The molecule has 0 bridgehead atoms. The molecule has 98 valence electrons. The standard InChI is InChI=1S/C12H14BrClN2O2/c1-7-8(2-3-18-7)5-16-12(17)10-4-9(13)6-15-11(10)14/h4,6-8H,2-3,5H2,1H3,(H,16,17). The van der Waals surface area contributed by atoms with Gasteiger partial charge in [-0.05, 0) is 35.3 Å². The molecular weight excluding hydrogens is 320 g/mol. The zero-order valence-electron chi connectivity index (χ0n) is 9.95. The van der Waals surface area contributed by atoms with Crippen LogP contribution in [0.25, 0.3) is 0 Å². The van der Waals surface area contributed by atoms with E-state index in [9.17, 15) is 4.79 Å². The first-order chi connectivity index (χ1) is 8.58. The number of hydrogen-bond acceptors (Lipinski definition) is 3. The van der Waals surface area contributed by atoms with Gasteiger partial charge in [-0.3, -0.25) is 4.79 Å². The van der Waals surface area contributed by atoms with E-state index in [1.807, 2.05) is 6.92 Å². The van der Waals surface area contributed by atoms with Crippen molar-refractivity contribution in [2.24, 2.45) is 5.92 Å². The summed E-state index contributed by atoms with van der Waals surface area (Å²) < 4.78 is 6.18. The van der Waals surface area contributed by atoms with E-state index in [0.717, 1.165) is 17.5 Å². The summed E-state index contributed by atoms with van der Waals surface area (Å²) in [6, 6.07) is 1.67. The number of hydrogen-bond donors (Lipinski definition) is 1. The molecule has 2 unspecified atom stereocenters. The van der Waals surface area contributed by atoms with Crippen LogP contribution in [0, 0.1) is 5.92 Å². The van der Waals surface area contributed by atoms with Crippen LogP contribution in [0.1, 0.15) is 23.7 Å². The molecule has 0 aromatic carbocycles. The number of amides is 1. The zero-order valence-corrected chi connectivity index (χ0v) is 12.3. The highest BCUT2D eigenvalue weighted by Gasteiger charge is 2.24. The van der Waals surface area contributed by atoms with Gasteiger partial charge in [0.15, 0.2) is 0 Å². The summed E-state index contributed by atoms with van der Waals surface area (Å²) in [5.74, 6) is 0.167. The molecule has 1 N–H and O–H groups in total. The van der Waals surface area contributed by atoms with Crippen LogP contribution in [0.2, 0.25) is 5.15 Å². The molecule has 0 radical (unpaired) electrons. The highest BCUT2D eigenvalue weighted by molar-refractivity contribution is 9.10. The van der Waals surface area contributed by atoms with Crippen LogP contribution in [-0.4, -0.2) is 30.1 Å². The summed E-state index contributed by atoms with van der Waals surface area (Å²) in [6.45, 7) is 3.39. The number of halogens is 2. The second-order valence-electron chi connectivity index (χ2n) is 4.33. The van der Waals surface area contributed by atoms with Gasteiger partial charge in [0.1, 0.15) is 5.15 Å². The van der Waals surface area contributed by atoms with E-state index in [0.29, 0.717) is 18.0 Å². The van der Waals surface area contributed by atoms with Gasteiger partial charge in [0.2, 0.25) is 0 Å². The molecule has 2 rings (SSSR count). The summed E-state index contributed by atoms with van der Waals surface area (Å²) in [5, 5.41) is 3.09. The maximum absolute atomic E-state index is 12.0. The molecule has 0 spiro atoms. The van der Waals surface area contributed by atoms with Crippen LogP contribution in [-0.2, 0) is 4.74 Å². The Morgan fingerprint density at radius 2 is 2.50 bits per heavy atom. The lowest BCUT2D eigenvalue weighted by atomic mass is 10.0. The molecule has 2 atom stereocenters. The first-order valence-electron chi connectivity index (χ1n) is 5.79. The molecular formula is C12H14BrClN2O2. The van der Waals surface area contributed by atoms with Crippen LogP contribution in [0.15, 0.2) is 16.7 Å². The Hall–Kier alpha value is -0.650. The number of carbonyl (C=O) groups is 1. The predicted molar refractivity (Wildman–Crippen MR) is 72.8 cm³/mol. The van der Waals surface area contributed by atoms with E-state index in [1.54, 1.807) is 12.3 Å². The molecule has 4 nitrogen and oxygen atoms in total. The summed E-state index contributed by atoms with van der Waals surface area (Å²) >= 11 is 9.17. The fourth-order valence-corrected chi connectivity index (χ4v) is 2.47. The summed E-state index contributed by atoms with van der Waals surface area (Å²) in [5.41, 5.74) is 0.387. The van der Waals surface area contributed by atoms with Gasteiger partial charge in [-0.25, -0.2) is 4.98 Å². The SMILES string of the molecule is CC1OCCC1CNC(=O)c1cc(Br)cnc1Cl. The Labute approximate surface area is 119 Å². The van der Waals surface area contributed by atoms with Gasteiger partial charge in [-0.15, -0.1) is 0 Å². The molecule has 1 aliphatic rings. The molecule has 1 aromatic heterocycles. The van der Waals surface area contributed by atoms with Gasteiger partial charge in [0.05, 0.1) is 11.7 Å². The quantitative estimate of drug-likeness (QED) is 0.865. The number of rotatable bonds is 3. The van der Waals surface area contributed by atoms with Crippen molar-refractivity contribution in [1.82, 2.24) is 10.3 Å². The minimum atomic E-state index is -0.201. The molecule has 1 amide bonds. The van der Waals surface area contributed by atoms with Crippen LogP contribution in [0.3, 0.4) is 0 Å². The van der Waals surface area contributed by atoms with Crippen LogP contribution in [0.5, 0.6) is 0 Å². The van der Waals surface area contributed by atoms with E-state index >= 15 is 0 Å². The van der Waals surface area contributed by atoms with Gasteiger partial charge < -0.3 is 10.1 Å². The number of carbonyl (C=O) groups excluding carboxylic acids is 1. The Balaban J connectivity index is 1.97. The third-order valence-electron chi connectivity index (χ3n) is 3.11. The molecule has 2 heterocycles. The number of ether oxygens (including phenoxy) is 1. The van der Waals surface area contributed by atoms with Crippen molar-refractivity contribution in [3.8, 4) is 0 Å². The van der Waals surface area contributed by atoms with Crippen molar-refractivity contribution in [2.75, 3.05) is 13.2 Å². The lowest BCUT2D eigenvalue weighted by Crippen LogP contribution is -2.32. The number of nitrogens with one attached hydrogen (secondary N) is 1. The fourth-order valence-electron chi connectivity index (χ4n) is 1.94. The summed E-state index contributed by atoms with van der Waals surface area (Å²) in [4.78, 5) is 15.9. The number of nitrogens with zero attached hydrogens (tertiary/aromatic N) is 1. The lowest BCUT2D eigenvalue weighted by Gasteiger charge is -2.15. The molecule has 18 heavy (non-hydrogen) atoms. The van der Waals surface area contributed by atoms with Crippen molar-refractivity contribution >= 4 is 33.4 Å². The molecule has 0 saturated carbocycles. The average Bonchev–Trinajstić information content (AvgIpc) is 2.75. The highest BCUT2D eigenvalue weighted by atomic mass is 79.9. The van der Waals surface area contributed by atoms with Gasteiger partial charge in [0.25, 0.3) is 5.91 Å². The molecule has 1 aromatic rings. The summed E-state index contributed by atoms with van der Waals surface area (Å²) in [7, 11) is 0. The first kappa shape index (κ1) is 13.8. The summed E-state index contributed by atoms with van der Waals surface area (Å²) in [6.07, 6.45) is 2.74. The highest BCUT2D eigenvalue weighted by Crippen LogP contribution is 2.21. The number of aromatic nitrogens is 1. The Morgan fingerprint density at radius 1 is 1.72 bits per heavy atom. The largest absolute Gasteiger partial charge is 0.378 e. The minimum absolute atomic E-state index is 0.196. The fraction of sp³-hybridized carbons (Fsp3) is 0.500. The predicted octanol–water partition coefficient (Wildman–Crippen LogP) is 2.65. The smallest absolute Gasteiger partial charge is 0.254 e. The molecule has 1 fully saturated rings. The van der Waals surface area contributed by atoms with Gasteiger partial charge in [-0.1, -0.05) is 11.6 Å². The Kier molecular flexibility index (Phi) is 4.59. The van der Waals surface area contributed by atoms with Crippen molar-refractivity contribution in [2.45, 2.75) is 19.4 Å². The third-order valence-corrected chi connectivity index (χ3v) is 3.84. The van der Waals surface area contributed by atoms with E-state index < -0.39 is 0 Å². The first-order valence-corrected chi connectivity index (χ1v) is 6.96.